The Hall–Kier alpha value is -1.19. The van der Waals surface area contributed by atoms with Gasteiger partial charge in [0.1, 0.15) is 0 Å². The van der Waals surface area contributed by atoms with E-state index in [2.05, 4.69) is 19.9 Å². The number of likely N-dealkylation sites (N-methyl/N-ethyl adjacent to an activating group) is 2. The molecule has 1 heterocycles. The predicted octanol–water partition coefficient (Wildman–Crippen LogP) is -0.504. The average Bonchev–Trinajstić information content (AvgIpc) is 2.48. The largest absolute Gasteiger partial charge is 0.324 e. The first-order valence-electron chi connectivity index (χ1n) is 6.87. The Morgan fingerprint density at radius 1 is 1.24 bits per heavy atom. The summed E-state index contributed by atoms with van der Waals surface area (Å²) in [5.74, 6) is 5.27. The summed E-state index contributed by atoms with van der Waals surface area (Å²) in [6.07, 6.45) is 0. The van der Waals surface area contributed by atoms with Crippen LogP contribution in [-0.2, 0) is 10.0 Å². The molecule has 1 fully saturated rings. The third-order valence-electron chi connectivity index (χ3n) is 3.82. The first kappa shape index (κ1) is 16.2. The maximum atomic E-state index is 12.3. The van der Waals surface area contributed by atoms with Crippen LogP contribution in [0.2, 0.25) is 0 Å². The summed E-state index contributed by atoms with van der Waals surface area (Å²) >= 11 is 0. The fraction of sp³-hybridized carbons (Fsp3) is 0.538. The van der Waals surface area contributed by atoms with Crippen LogP contribution in [-0.4, -0.2) is 64.5 Å². The zero-order valence-corrected chi connectivity index (χ0v) is 13.2. The minimum Gasteiger partial charge on any atom is -0.324 e. The normalized spacial score (nSPS) is 21.4. The van der Waals surface area contributed by atoms with Crippen molar-refractivity contribution in [2.24, 2.45) is 5.84 Å². The van der Waals surface area contributed by atoms with Crippen LogP contribution in [0.5, 0.6) is 0 Å². The molecule has 0 amide bonds. The summed E-state index contributed by atoms with van der Waals surface area (Å²) in [7, 11) is 0.581. The van der Waals surface area contributed by atoms with E-state index in [1.807, 2.05) is 14.1 Å². The summed E-state index contributed by atoms with van der Waals surface area (Å²) in [6, 6.07) is 6.52. The third kappa shape index (κ3) is 4.14. The Morgan fingerprint density at radius 3 is 2.52 bits per heavy atom. The van der Waals surface area contributed by atoms with Crippen LogP contribution in [0.15, 0.2) is 29.2 Å². The van der Waals surface area contributed by atoms with Crippen LogP contribution in [0.3, 0.4) is 0 Å². The van der Waals surface area contributed by atoms with Gasteiger partial charge in [-0.2, -0.15) is 0 Å². The van der Waals surface area contributed by atoms with Gasteiger partial charge < -0.3 is 10.3 Å². The van der Waals surface area contributed by atoms with Gasteiger partial charge in [0.15, 0.2) is 0 Å². The first-order chi connectivity index (χ1) is 9.92. The fourth-order valence-corrected chi connectivity index (χ4v) is 3.41. The molecule has 7 nitrogen and oxygen atoms in total. The predicted molar refractivity (Wildman–Crippen MR) is 83.4 cm³/mol. The highest BCUT2D eigenvalue weighted by molar-refractivity contribution is 7.89. The minimum absolute atomic E-state index is 0.184. The Labute approximate surface area is 126 Å². The zero-order valence-electron chi connectivity index (χ0n) is 12.4. The van der Waals surface area contributed by atoms with E-state index in [0.29, 0.717) is 12.2 Å². The number of anilines is 1. The molecule has 0 aliphatic carbocycles. The zero-order chi connectivity index (χ0) is 15.5. The number of benzene rings is 1. The van der Waals surface area contributed by atoms with Crippen molar-refractivity contribution >= 4 is 15.7 Å². The molecule has 1 aromatic carbocycles. The van der Waals surface area contributed by atoms with Gasteiger partial charge in [-0.15, -0.1) is 0 Å². The van der Waals surface area contributed by atoms with Gasteiger partial charge in [0, 0.05) is 37.9 Å². The van der Waals surface area contributed by atoms with Crippen molar-refractivity contribution in [2.45, 2.75) is 10.9 Å². The lowest BCUT2D eigenvalue weighted by Crippen LogP contribution is -2.54. The lowest BCUT2D eigenvalue weighted by atomic mass is 10.2. The molecule has 21 heavy (non-hydrogen) atoms. The van der Waals surface area contributed by atoms with Gasteiger partial charge in [0.2, 0.25) is 10.0 Å². The number of nitrogens with two attached hydrogens (primary N) is 1. The van der Waals surface area contributed by atoms with Crippen LogP contribution in [0.4, 0.5) is 5.69 Å². The molecular weight excluding hydrogens is 290 g/mol. The second-order valence-electron chi connectivity index (χ2n) is 5.42. The number of piperazine rings is 1. The van der Waals surface area contributed by atoms with Gasteiger partial charge in [-0.1, -0.05) is 0 Å². The van der Waals surface area contributed by atoms with E-state index in [-0.39, 0.29) is 10.9 Å². The molecule has 0 spiro atoms. The number of hydrogen-bond donors (Lipinski definition) is 3. The summed E-state index contributed by atoms with van der Waals surface area (Å²) in [4.78, 5) is 4.64. The molecule has 4 N–H and O–H groups in total. The second kappa shape index (κ2) is 6.71. The van der Waals surface area contributed by atoms with E-state index < -0.39 is 10.0 Å². The number of nitrogens with one attached hydrogen (secondary N) is 2. The average molecular weight is 313 g/mol. The van der Waals surface area contributed by atoms with E-state index in [1.165, 1.54) is 12.1 Å². The molecule has 0 aromatic heterocycles. The smallest absolute Gasteiger partial charge is 0.240 e. The highest BCUT2D eigenvalue weighted by atomic mass is 32.2. The molecule has 8 heteroatoms. The lowest BCUT2D eigenvalue weighted by molar-refractivity contribution is 0.117. The van der Waals surface area contributed by atoms with Gasteiger partial charge in [-0.25, -0.2) is 13.1 Å². The van der Waals surface area contributed by atoms with Gasteiger partial charge >= 0.3 is 0 Å². The number of nitrogens with zero attached hydrogens (tertiary/aromatic N) is 2. The molecule has 1 saturated heterocycles. The van der Waals surface area contributed by atoms with Crippen molar-refractivity contribution in [3.8, 4) is 0 Å². The van der Waals surface area contributed by atoms with Crippen molar-refractivity contribution < 1.29 is 8.42 Å². The lowest BCUT2D eigenvalue weighted by Gasteiger charge is -2.37. The van der Waals surface area contributed by atoms with E-state index in [4.69, 9.17) is 5.84 Å². The number of rotatable bonds is 5. The van der Waals surface area contributed by atoms with Crippen LogP contribution in [0.1, 0.15) is 0 Å². The minimum atomic E-state index is -3.49. The molecule has 0 bridgehead atoms. The van der Waals surface area contributed by atoms with Crippen LogP contribution < -0.4 is 16.0 Å². The van der Waals surface area contributed by atoms with Crippen molar-refractivity contribution in [3.63, 3.8) is 0 Å². The third-order valence-corrected chi connectivity index (χ3v) is 5.26. The van der Waals surface area contributed by atoms with Gasteiger partial charge in [0.25, 0.3) is 0 Å². The Balaban J connectivity index is 2.00. The molecular formula is C13H23N5O2S. The SMILES string of the molecule is CN1CCN(C)C(CNS(=O)(=O)c2ccc(NN)cc2)C1. The Bertz CT molecular complexity index is 560. The Morgan fingerprint density at radius 2 is 1.90 bits per heavy atom. The van der Waals surface area contributed by atoms with Gasteiger partial charge in [0.05, 0.1) is 4.90 Å². The molecule has 0 saturated carbocycles. The highest BCUT2D eigenvalue weighted by Crippen LogP contribution is 2.13. The molecule has 1 aromatic rings. The maximum absolute atomic E-state index is 12.3. The van der Waals surface area contributed by atoms with E-state index in [1.54, 1.807) is 12.1 Å². The highest BCUT2D eigenvalue weighted by Gasteiger charge is 2.24. The first-order valence-corrected chi connectivity index (χ1v) is 8.36. The molecule has 1 aliphatic heterocycles. The number of hydrazine groups is 1. The summed E-state index contributed by atoms with van der Waals surface area (Å²) in [5.41, 5.74) is 3.14. The topological polar surface area (TPSA) is 90.7 Å². The molecule has 0 radical (unpaired) electrons. The van der Waals surface area contributed by atoms with Crippen LogP contribution in [0.25, 0.3) is 0 Å². The fourth-order valence-electron chi connectivity index (χ4n) is 2.34. The van der Waals surface area contributed by atoms with Crippen LogP contribution in [0, 0.1) is 0 Å². The number of hydrogen-bond acceptors (Lipinski definition) is 6. The number of sulfonamides is 1. The standard InChI is InChI=1S/C13H23N5O2S/c1-17-7-8-18(2)12(10-17)9-15-21(19,20)13-5-3-11(16-14)4-6-13/h3-6,12,15-16H,7-10,14H2,1-2H3. The van der Waals surface area contributed by atoms with E-state index >= 15 is 0 Å². The quantitative estimate of drug-likeness (QED) is 0.501. The van der Waals surface area contributed by atoms with E-state index in [9.17, 15) is 8.42 Å². The van der Waals surface area contributed by atoms with Crippen LogP contribution >= 0.6 is 0 Å². The van der Waals surface area contributed by atoms with Crippen molar-refractivity contribution in [3.05, 3.63) is 24.3 Å². The summed E-state index contributed by atoms with van der Waals surface area (Å²) < 4.78 is 27.2. The van der Waals surface area contributed by atoms with Crippen molar-refractivity contribution in [2.75, 3.05) is 45.7 Å². The van der Waals surface area contributed by atoms with Gasteiger partial charge in [-0.05, 0) is 38.4 Å². The molecule has 1 aliphatic rings. The molecule has 118 valence electrons. The van der Waals surface area contributed by atoms with Crippen molar-refractivity contribution in [1.29, 1.82) is 0 Å². The van der Waals surface area contributed by atoms with Gasteiger partial charge in [-0.3, -0.25) is 10.7 Å². The van der Waals surface area contributed by atoms with E-state index in [0.717, 1.165) is 19.6 Å². The van der Waals surface area contributed by atoms with Crippen molar-refractivity contribution in [1.82, 2.24) is 14.5 Å². The molecule has 1 unspecified atom stereocenters. The molecule has 1 atom stereocenters. The Kier molecular flexibility index (Phi) is 5.17. The second-order valence-corrected chi connectivity index (χ2v) is 7.18. The summed E-state index contributed by atoms with van der Waals surface area (Å²) in [6.45, 7) is 3.21. The number of nitrogen functional groups attached to an aromatic ring is 1. The summed E-state index contributed by atoms with van der Waals surface area (Å²) in [5, 5.41) is 0. The maximum Gasteiger partial charge on any atom is 0.240 e. The molecule has 2 rings (SSSR count). The monoisotopic (exact) mass is 313 g/mol.